The van der Waals surface area contributed by atoms with Crippen LogP contribution in [0.1, 0.15) is 10.4 Å². The minimum absolute atomic E-state index is 0.0282. The summed E-state index contributed by atoms with van der Waals surface area (Å²) in [6.07, 6.45) is 7.14. The van der Waals surface area contributed by atoms with Crippen molar-refractivity contribution in [3.63, 3.8) is 0 Å². The Balaban J connectivity index is 1.46. The summed E-state index contributed by atoms with van der Waals surface area (Å²) < 4.78 is 7.30. The van der Waals surface area contributed by atoms with Gasteiger partial charge in [0, 0.05) is 42.2 Å². The molecular formula is C22H20N6O2. The van der Waals surface area contributed by atoms with E-state index in [2.05, 4.69) is 15.0 Å². The number of pyridine rings is 1. The highest BCUT2D eigenvalue weighted by Gasteiger charge is 2.18. The Morgan fingerprint density at radius 3 is 2.53 bits per heavy atom. The quantitative estimate of drug-likeness (QED) is 0.567. The zero-order valence-corrected chi connectivity index (χ0v) is 16.2. The van der Waals surface area contributed by atoms with Crippen molar-refractivity contribution in [2.75, 3.05) is 32.0 Å². The van der Waals surface area contributed by atoms with Crippen LogP contribution >= 0.6 is 0 Å². The lowest BCUT2D eigenvalue weighted by Crippen LogP contribution is -2.40. The monoisotopic (exact) mass is 400 g/mol. The van der Waals surface area contributed by atoms with Crippen molar-refractivity contribution in [3.05, 3.63) is 66.7 Å². The van der Waals surface area contributed by atoms with E-state index < -0.39 is 0 Å². The van der Waals surface area contributed by atoms with E-state index in [0.717, 1.165) is 28.2 Å². The first-order chi connectivity index (χ1) is 14.7. The fourth-order valence-electron chi connectivity index (χ4n) is 3.59. The number of rotatable bonds is 3. The van der Waals surface area contributed by atoms with Gasteiger partial charge in [0.2, 0.25) is 0 Å². The molecule has 4 aromatic rings. The topological polar surface area (TPSA) is 98.6 Å². The molecule has 3 aromatic heterocycles. The van der Waals surface area contributed by atoms with E-state index in [1.54, 1.807) is 18.6 Å². The minimum atomic E-state index is 0.0282. The number of anilines is 1. The molecule has 0 radical (unpaired) electrons. The summed E-state index contributed by atoms with van der Waals surface area (Å²) >= 11 is 0. The molecule has 8 nitrogen and oxygen atoms in total. The molecule has 1 amide bonds. The van der Waals surface area contributed by atoms with E-state index in [1.807, 2.05) is 51.9 Å². The third-order valence-corrected chi connectivity index (χ3v) is 5.20. The first-order valence-electron chi connectivity index (χ1n) is 9.71. The number of nitrogens with zero attached hydrogens (tertiary/aromatic N) is 5. The van der Waals surface area contributed by atoms with Gasteiger partial charge in [-0.2, -0.15) is 0 Å². The van der Waals surface area contributed by atoms with Crippen LogP contribution in [0.15, 0.2) is 61.2 Å². The molecule has 150 valence electrons. The number of morpholine rings is 1. The van der Waals surface area contributed by atoms with Gasteiger partial charge < -0.3 is 15.4 Å². The van der Waals surface area contributed by atoms with Gasteiger partial charge in [-0.25, -0.2) is 9.97 Å². The van der Waals surface area contributed by atoms with Gasteiger partial charge in [-0.3, -0.25) is 14.2 Å². The maximum atomic E-state index is 12.6. The average molecular weight is 400 g/mol. The largest absolute Gasteiger partial charge is 0.384 e. The second-order valence-electron chi connectivity index (χ2n) is 7.10. The van der Waals surface area contributed by atoms with Crippen LogP contribution in [0.2, 0.25) is 0 Å². The van der Waals surface area contributed by atoms with Crippen LogP contribution in [0.5, 0.6) is 0 Å². The highest BCUT2D eigenvalue weighted by molar-refractivity contribution is 5.94. The summed E-state index contributed by atoms with van der Waals surface area (Å²) in [5, 5.41) is 0. The molecule has 2 N–H and O–H groups in total. The molecule has 0 spiro atoms. The summed E-state index contributed by atoms with van der Waals surface area (Å²) in [4.78, 5) is 27.5. The number of carbonyl (C=O) groups excluding carboxylic acids is 1. The second kappa shape index (κ2) is 7.57. The fraction of sp³-hybridized carbons (Fsp3) is 0.182. The molecule has 0 unspecified atom stereocenters. The van der Waals surface area contributed by atoms with Gasteiger partial charge in [0.15, 0.2) is 5.65 Å². The van der Waals surface area contributed by atoms with Gasteiger partial charge in [-0.05, 0) is 24.3 Å². The van der Waals surface area contributed by atoms with Gasteiger partial charge in [-0.1, -0.05) is 12.1 Å². The molecule has 1 saturated heterocycles. The summed E-state index contributed by atoms with van der Waals surface area (Å²) in [7, 11) is 0. The second-order valence-corrected chi connectivity index (χ2v) is 7.10. The molecule has 1 fully saturated rings. The lowest BCUT2D eigenvalue weighted by atomic mass is 10.1. The molecular weight excluding hydrogens is 380 g/mol. The standard InChI is InChI=1S/C22H20N6O2/c23-20-11-17(5-6-24-20)19-12-26-21-13-25-18(14-28(19)21)15-1-3-16(4-2-15)22(29)27-7-9-30-10-8-27/h1-6,11-14H,7-10H2,(H2,23,24). The summed E-state index contributed by atoms with van der Waals surface area (Å²) in [5.41, 5.74) is 10.8. The third-order valence-electron chi connectivity index (χ3n) is 5.20. The van der Waals surface area contributed by atoms with E-state index in [-0.39, 0.29) is 5.91 Å². The normalized spacial score (nSPS) is 14.2. The minimum Gasteiger partial charge on any atom is -0.384 e. The lowest BCUT2D eigenvalue weighted by Gasteiger charge is -2.26. The van der Waals surface area contributed by atoms with Gasteiger partial charge in [-0.15, -0.1) is 0 Å². The maximum Gasteiger partial charge on any atom is 0.254 e. The van der Waals surface area contributed by atoms with Crippen LogP contribution in [0.25, 0.3) is 28.2 Å². The zero-order valence-electron chi connectivity index (χ0n) is 16.2. The van der Waals surface area contributed by atoms with Gasteiger partial charge in [0.05, 0.1) is 37.0 Å². The molecule has 8 heteroatoms. The van der Waals surface area contributed by atoms with Crippen molar-refractivity contribution >= 4 is 17.4 Å². The van der Waals surface area contributed by atoms with Gasteiger partial charge in [0.25, 0.3) is 5.91 Å². The molecule has 4 heterocycles. The molecule has 1 aliphatic heterocycles. The SMILES string of the molecule is Nc1cc(-c2cnc3cnc(-c4ccc(C(=O)N5CCOCC5)cc4)cn23)ccn1. The van der Waals surface area contributed by atoms with Crippen LogP contribution in [0.3, 0.4) is 0 Å². The number of imidazole rings is 1. The van der Waals surface area contributed by atoms with Crippen molar-refractivity contribution in [3.8, 4) is 22.5 Å². The van der Waals surface area contributed by atoms with Crippen molar-refractivity contribution in [2.24, 2.45) is 0 Å². The van der Waals surface area contributed by atoms with Crippen molar-refractivity contribution < 1.29 is 9.53 Å². The van der Waals surface area contributed by atoms with Crippen molar-refractivity contribution in [2.45, 2.75) is 0 Å². The van der Waals surface area contributed by atoms with Crippen LogP contribution < -0.4 is 5.73 Å². The molecule has 0 atom stereocenters. The first-order valence-corrected chi connectivity index (χ1v) is 9.71. The Morgan fingerprint density at radius 1 is 0.967 bits per heavy atom. The van der Waals surface area contributed by atoms with Crippen LogP contribution in [-0.2, 0) is 4.74 Å². The van der Waals surface area contributed by atoms with Gasteiger partial charge in [0.1, 0.15) is 5.82 Å². The van der Waals surface area contributed by atoms with E-state index in [1.165, 1.54) is 0 Å². The highest BCUT2D eigenvalue weighted by Crippen LogP contribution is 2.24. The predicted octanol–water partition coefficient (Wildman–Crippen LogP) is 2.51. The van der Waals surface area contributed by atoms with Crippen LogP contribution in [0, 0.1) is 0 Å². The summed E-state index contributed by atoms with van der Waals surface area (Å²) in [6, 6.07) is 11.2. The smallest absolute Gasteiger partial charge is 0.254 e. The molecule has 0 saturated carbocycles. The fourth-order valence-corrected chi connectivity index (χ4v) is 3.59. The Bertz CT molecular complexity index is 1210. The summed E-state index contributed by atoms with van der Waals surface area (Å²) in [5.74, 6) is 0.484. The van der Waals surface area contributed by atoms with E-state index in [4.69, 9.17) is 10.5 Å². The van der Waals surface area contributed by atoms with Gasteiger partial charge >= 0.3 is 0 Å². The Hall–Kier alpha value is -3.78. The Morgan fingerprint density at radius 2 is 1.77 bits per heavy atom. The number of carbonyl (C=O) groups is 1. The van der Waals surface area contributed by atoms with Crippen LogP contribution in [-0.4, -0.2) is 56.5 Å². The summed E-state index contributed by atoms with van der Waals surface area (Å²) in [6.45, 7) is 2.43. The number of hydrogen-bond acceptors (Lipinski definition) is 6. The molecule has 30 heavy (non-hydrogen) atoms. The Labute approximate surface area is 173 Å². The van der Waals surface area contributed by atoms with Crippen LogP contribution in [0.4, 0.5) is 5.82 Å². The predicted molar refractivity (Wildman–Crippen MR) is 113 cm³/mol. The molecule has 1 aromatic carbocycles. The Kier molecular flexibility index (Phi) is 4.61. The average Bonchev–Trinajstić information content (AvgIpc) is 3.23. The highest BCUT2D eigenvalue weighted by atomic mass is 16.5. The number of fused-ring (bicyclic) bond motifs is 1. The van der Waals surface area contributed by atoms with E-state index >= 15 is 0 Å². The molecule has 0 aliphatic carbocycles. The number of nitrogens with two attached hydrogens (primary N) is 1. The third kappa shape index (κ3) is 3.37. The van der Waals surface area contributed by atoms with Crippen molar-refractivity contribution in [1.29, 1.82) is 0 Å². The zero-order chi connectivity index (χ0) is 20.5. The molecule has 1 aliphatic rings. The van der Waals surface area contributed by atoms with E-state index in [9.17, 15) is 4.79 Å². The van der Waals surface area contributed by atoms with Crippen molar-refractivity contribution in [1.82, 2.24) is 24.3 Å². The number of nitrogen functional groups attached to an aromatic ring is 1. The number of hydrogen-bond donors (Lipinski definition) is 1. The lowest BCUT2D eigenvalue weighted by molar-refractivity contribution is 0.0303. The number of amides is 1. The maximum absolute atomic E-state index is 12.6. The number of aromatic nitrogens is 4. The number of benzene rings is 1. The van der Waals surface area contributed by atoms with E-state index in [0.29, 0.717) is 37.7 Å². The molecule has 0 bridgehead atoms. The first kappa shape index (κ1) is 18.3. The number of ether oxygens (including phenoxy) is 1. The molecule has 5 rings (SSSR count).